The second-order valence-electron chi connectivity index (χ2n) is 4.60. The van der Waals surface area contributed by atoms with Gasteiger partial charge in [0.1, 0.15) is 17.6 Å². The van der Waals surface area contributed by atoms with Crippen LogP contribution in [-0.2, 0) is 6.42 Å². The van der Waals surface area contributed by atoms with Gasteiger partial charge in [-0.3, -0.25) is 4.79 Å². The second kappa shape index (κ2) is 5.21. The zero-order valence-corrected chi connectivity index (χ0v) is 11.1. The van der Waals surface area contributed by atoms with Crippen molar-refractivity contribution >= 4 is 16.8 Å². The van der Waals surface area contributed by atoms with Crippen molar-refractivity contribution in [3.63, 3.8) is 0 Å². The number of methoxy groups -OCH3 is 1. The molecule has 0 fully saturated rings. The maximum atomic E-state index is 12.4. The van der Waals surface area contributed by atoms with E-state index in [1.54, 1.807) is 7.11 Å². The van der Waals surface area contributed by atoms with Crippen LogP contribution in [0.5, 0.6) is 5.75 Å². The summed E-state index contributed by atoms with van der Waals surface area (Å²) in [5.41, 5.74) is 2.30. The van der Waals surface area contributed by atoms with Crippen molar-refractivity contribution in [3.8, 4) is 5.75 Å². The van der Waals surface area contributed by atoms with Crippen molar-refractivity contribution in [2.75, 3.05) is 7.11 Å². The molecule has 1 aromatic heterocycles. The first-order chi connectivity index (χ1) is 9.78. The number of benzene rings is 2. The van der Waals surface area contributed by atoms with E-state index >= 15 is 0 Å². The van der Waals surface area contributed by atoms with E-state index in [4.69, 9.17) is 9.15 Å². The van der Waals surface area contributed by atoms with E-state index in [1.807, 2.05) is 48.5 Å². The monoisotopic (exact) mass is 266 g/mol. The molecule has 2 aromatic carbocycles. The van der Waals surface area contributed by atoms with Crippen LogP contribution >= 0.6 is 0 Å². The molecule has 0 aliphatic heterocycles. The highest BCUT2D eigenvalue weighted by molar-refractivity contribution is 6.07. The number of ether oxygens (including phenoxy) is 1. The summed E-state index contributed by atoms with van der Waals surface area (Å²) in [5.74, 6) is 0.801. The fourth-order valence-electron chi connectivity index (χ4n) is 2.26. The summed E-state index contributed by atoms with van der Waals surface area (Å²) < 4.78 is 10.6. The molecule has 0 atom stereocenters. The molecule has 0 bridgehead atoms. The predicted molar refractivity (Wildman–Crippen MR) is 77.2 cm³/mol. The minimum atomic E-state index is 0.0446. The fraction of sp³-hybridized carbons (Fsp3) is 0.118. The van der Waals surface area contributed by atoms with Crippen molar-refractivity contribution in [2.45, 2.75) is 6.42 Å². The Balaban J connectivity index is 1.89. The standard InChI is InChI=1S/C17H14O3/c1-19-13-6-4-5-12(9-13)10-16(18)15-11-20-17-8-3-2-7-14(15)17/h2-9,11H,10H2,1H3. The minimum absolute atomic E-state index is 0.0446. The number of Topliss-reactive ketones (excluding diaryl/α,β-unsaturated/α-hetero) is 1. The highest BCUT2D eigenvalue weighted by Crippen LogP contribution is 2.23. The zero-order valence-electron chi connectivity index (χ0n) is 11.1. The number of carbonyl (C=O) groups is 1. The van der Waals surface area contributed by atoms with Gasteiger partial charge in [0.05, 0.1) is 12.7 Å². The van der Waals surface area contributed by atoms with Crippen LogP contribution < -0.4 is 4.74 Å². The van der Waals surface area contributed by atoms with E-state index in [0.717, 1.165) is 22.3 Å². The van der Waals surface area contributed by atoms with Gasteiger partial charge in [0, 0.05) is 11.8 Å². The van der Waals surface area contributed by atoms with Gasteiger partial charge in [-0.05, 0) is 23.8 Å². The Morgan fingerprint density at radius 1 is 1.15 bits per heavy atom. The third-order valence-corrected chi connectivity index (χ3v) is 3.28. The smallest absolute Gasteiger partial charge is 0.171 e. The molecule has 0 unspecified atom stereocenters. The number of hydrogen-bond donors (Lipinski definition) is 0. The molecule has 100 valence electrons. The van der Waals surface area contributed by atoms with Crippen LogP contribution in [-0.4, -0.2) is 12.9 Å². The third-order valence-electron chi connectivity index (χ3n) is 3.28. The fourth-order valence-corrected chi connectivity index (χ4v) is 2.26. The van der Waals surface area contributed by atoms with Gasteiger partial charge in [-0.25, -0.2) is 0 Å². The van der Waals surface area contributed by atoms with Crippen LogP contribution in [0.3, 0.4) is 0 Å². The average Bonchev–Trinajstić information content (AvgIpc) is 2.91. The molecule has 3 rings (SSSR count). The van der Waals surface area contributed by atoms with Gasteiger partial charge >= 0.3 is 0 Å². The van der Waals surface area contributed by atoms with Gasteiger partial charge in [-0.2, -0.15) is 0 Å². The molecular formula is C17H14O3. The molecule has 0 radical (unpaired) electrons. The van der Waals surface area contributed by atoms with Crippen molar-refractivity contribution in [1.29, 1.82) is 0 Å². The van der Waals surface area contributed by atoms with Gasteiger partial charge in [-0.1, -0.05) is 30.3 Å². The SMILES string of the molecule is COc1cccc(CC(=O)c2coc3ccccc23)c1. The first-order valence-corrected chi connectivity index (χ1v) is 6.40. The van der Waals surface area contributed by atoms with Crippen LogP contribution in [0.2, 0.25) is 0 Å². The number of rotatable bonds is 4. The summed E-state index contributed by atoms with van der Waals surface area (Å²) in [6.07, 6.45) is 1.87. The molecule has 0 aliphatic carbocycles. The first-order valence-electron chi connectivity index (χ1n) is 6.40. The molecule has 0 amide bonds. The Kier molecular flexibility index (Phi) is 3.25. The molecule has 20 heavy (non-hydrogen) atoms. The molecule has 3 heteroatoms. The number of carbonyl (C=O) groups excluding carboxylic acids is 1. The number of hydrogen-bond acceptors (Lipinski definition) is 3. The van der Waals surface area contributed by atoms with E-state index in [0.29, 0.717) is 12.0 Å². The predicted octanol–water partition coefficient (Wildman–Crippen LogP) is 3.87. The highest BCUT2D eigenvalue weighted by atomic mass is 16.5. The van der Waals surface area contributed by atoms with E-state index < -0.39 is 0 Å². The molecule has 3 aromatic rings. The molecule has 0 aliphatic rings. The largest absolute Gasteiger partial charge is 0.497 e. The van der Waals surface area contributed by atoms with Crippen molar-refractivity contribution < 1.29 is 13.9 Å². The normalized spacial score (nSPS) is 10.7. The van der Waals surface area contributed by atoms with Gasteiger partial charge < -0.3 is 9.15 Å². The van der Waals surface area contributed by atoms with Crippen molar-refractivity contribution in [2.24, 2.45) is 0 Å². The lowest BCUT2D eigenvalue weighted by molar-refractivity contribution is 0.0993. The number of para-hydroxylation sites is 1. The lowest BCUT2D eigenvalue weighted by atomic mass is 10.0. The first kappa shape index (κ1) is 12.5. The van der Waals surface area contributed by atoms with Gasteiger partial charge in [0.15, 0.2) is 5.78 Å². The van der Waals surface area contributed by atoms with E-state index in [9.17, 15) is 4.79 Å². The summed E-state index contributed by atoms with van der Waals surface area (Å²) >= 11 is 0. The number of fused-ring (bicyclic) bond motifs is 1. The van der Waals surface area contributed by atoms with E-state index in [2.05, 4.69) is 0 Å². The highest BCUT2D eigenvalue weighted by Gasteiger charge is 2.14. The summed E-state index contributed by atoms with van der Waals surface area (Å²) in [7, 11) is 1.62. The maximum Gasteiger partial charge on any atom is 0.171 e. The Morgan fingerprint density at radius 3 is 2.85 bits per heavy atom. The Hall–Kier alpha value is -2.55. The topological polar surface area (TPSA) is 39.4 Å². The molecule has 0 saturated heterocycles. The number of furan rings is 1. The van der Waals surface area contributed by atoms with Gasteiger partial charge in [0.25, 0.3) is 0 Å². The van der Waals surface area contributed by atoms with Gasteiger partial charge in [-0.15, -0.1) is 0 Å². The van der Waals surface area contributed by atoms with E-state index in [-0.39, 0.29) is 5.78 Å². The van der Waals surface area contributed by atoms with Crippen LogP contribution in [0, 0.1) is 0 Å². The summed E-state index contributed by atoms with van der Waals surface area (Å²) in [5, 5.41) is 0.861. The lowest BCUT2D eigenvalue weighted by Gasteiger charge is -2.03. The molecule has 1 heterocycles. The summed E-state index contributed by atoms with van der Waals surface area (Å²) in [6.45, 7) is 0. The molecule has 3 nitrogen and oxygen atoms in total. The Labute approximate surface area is 116 Å². The summed E-state index contributed by atoms with van der Waals surface area (Å²) in [4.78, 5) is 12.4. The molecule has 0 spiro atoms. The van der Waals surface area contributed by atoms with Crippen LogP contribution in [0.1, 0.15) is 15.9 Å². The van der Waals surface area contributed by atoms with Crippen LogP contribution in [0.25, 0.3) is 11.0 Å². The second-order valence-corrected chi connectivity index (χ2v) is 4.60. The van der Waals surface area contributed by atoms with Crippen molar-refractivity contribution in [1.82, 2.24) is 0 Å². The van der Waals surface area contributed by atoms with Crippen LogP contribution in [0.4, 0.5) is 0 Å². The quantitative estimate of drug-likeness (QED) is 0.673. The van der Waals surface area contributed by atoms with Crippen LogP contribution in [0.15, 0.2) is 59.2 Å². The van der Waals surface area contributed by atoms with E-state index in [1.165, 1.54) is 6.26 Å². The zero-order chi connectivity index (χ0) is 13.9. The Morgan fingerprint density at radius 2 is 2.00 bits per heavy atom. The molecule has 0 N–H and O–H groups in total. The molecule has 0 saturated carbocycles. The third kappa shape index (κ3) is 2.30. The minimum Gasteiger partial charge on any atom is -0.497 e. The van der Waals surface area contributed by atoms with Crippen molar-refractivity contribution in [3.05, 3.63) is 65.9 Å². The summed E-state index contributed by atoms with van der Waals surface area (Å²) in [6, 6.07) is 15.1. The lowest BCUT2D eigenvalue weighted by Crippen LogP contribution is -2.02. The van der Waals surface area contributed by atoms with Gasteiger partial charge in [0.2, 0.25) is 0 Å². The average molecular weight is 266 g/mol. The Bertz CT molecular complexity index is 756. The number of ketones is 1. The molecular weight excluding hydrogens is 252 g/mol. The maximum absolute atomic E-state index is 12.4.